The second kappa shape index (κ2) is 5.54. The number of rotatable bonds is 2. The Morgan fingerprint density at radius 2 is 2.04 bits per heavy atom. The van der Waals surface area contributed by atoms with Gasteiger partial charge in [0.1, 0.15) is 28.9 Å². The highest BCUT2D eigenvalue weighted by atomic mass is 19.1. The highest BCUT2D eigenvalue weighted by Crippen LogP contribution is 2.31. The van der Waals surface area contributed by atoms with Crippen molar-refractivity contribution in [2.75, 3.05) is 0 Å². The van der Waals surface area contributed by atoms with E-state index in [-0.39, 0.29) is 16.9 Å². The van der Waals surface area contributed by atoms with Crippen molar-refractivity contribution in [1.82, 2.24) is 9.55 Å². The van der Waals surface area contributed by atoms with Crippen molar-refractivity contribution >= 4 is 10.9 Å². The van der Waals surface area contributed by atoms with E-state index in [0.29, 0.717) is 22.2 Å². The summed E-state index contributed by atoms with van der Waals surface area (Å²) in [6, 6.07) is 9.25. The van der Waals surface area contributed by atoms with Crippen LogP contribution in [0.1, 0.15) is 11.1 Å². The normalized spacial score (nSPS) is 10.5. The van der Waals surface area contributed by atoms with Gasteiger partial charge in [-0.05, 0) is 31.2 Å². The Kier molecular flexibility index (Phi) is 3.54. The molecule has 0 unspecified atom stereocenters. The monoisotopic (exact) mass is 309 g/mol. The lowest BCUT2D eigenvalue weighted by Gasteiger charge is -2.12. The third-order valence-corrected chi connectivity index (χ3v) is 3.60. The number of aromatic nitrogens is 2. The fourth-order valence-corrected chi connectivity index (χ4v) is 2.36. The molecule has 114 valence electrons. The summed E-state index contributed by atoms with van der Waals surface area (Å²) in [5, 5.41) is 9.50. The van der Waals surface area contributed by atoms with Gasteiger partial charge in [-0.2, -0.15) is 5.26 Å². The molecule has 1 aromatic heterocycles. The van der Waals surface area contributed by atoms with E-state index in [2.05, 4.69) is 4.98 Å². The van der Waals surface area contributed by atoms with E-state index in [0.717, 1.165) is 0 Å². The summed E-state index contributed by atoms with van der Waals surface area (Å²) in [5.41, 5.74) is 0.769. The summed E-state index contributed by atoms with van der Waals surface area (Å²) in [6.45, 7) is 1.73. The van der Waals surface area contributed by atoms with E-state index in [9.17, 15) is 9.18 Å². The molecule has 0 N–H and O–H groups in total. The highest BCUT2D eigenvalue weighted by Gasteiger charge is 2.14. The summed E-state index contributed by atoms with van der Waals surface area (Å²) in [5.74, 6) is -0.165. The Bertz CT molecular complexity index is 1020. The minimum Gasteiger partial charge on any atom is -0.456 e. The second-order valence-electron chi connectivity index (χ2n) is 5.07. The lowest BCUT2D eigenvalue weighted by molar-refractivity contribution is 0.471. The Hall–Kier alpha value is -3.20. The summed E-state index contributed by atoms with van der Waals surface area (Å²) < 4.78 is 20.7. The molecule has 0 amide bonds. The van der Waals surface area contributed by atoms with E-state index in [1.807, 2.05) is 0 Å². The van der Waals surface area contributed by atoms with Crippen LogP contribution in [0, 0.1) is 24.1 Å². The predicted molar refractivity (Wildman–Crippen MR) is 82.9 cm³/mol. The molecule has 2 aromatic carbocycles. The Balaban J connectivity index is 2.18. The zero-order valence-corrected chi connectivity index (χ0v) is 12.5. The summed E-state index contributed by atoms with van der Waals surface area (Å²) in [7, 11) is 1.61. The number of ether oxygens (including phenoxy) is 1. The van der Waals surface area contributed by atoms with E-state index in [1.165, 1.54) is 29.1 Å². The van der Waals surface area contributed by atoms with Gasteiger partial charge in [0.15, 0.2) is 0 Å². The van der Waals surface area contributed by atoms with Gasteiger partial charge in [0.05, 0.1) is 17.2 Å². The number of aryl methyl sites for hydroxylation is 2. The van der Waals surface area contributed by atoms with Gasteiger partial charge in [0, 0.05) is 12.6 Å². The second-order valence-corrected chi connectivity index (χ2v) is 5.07. The molecule has 0 saturated heterocycles. The standard InChI is InChI=1S/C17H12FN3O2/c1-10-14(23-15-5-3-4-12(18)11(15)8-19)7-6-13-16(10)17(22)21(2)9-20-13/h3-7,9H,1-2H3. The number of halogens is 1. The topological polar surface area (TPSA) is 67.9 Å². The van der Waals surface area contributed by atoms with Gasteiger partial charge in [-0.15, -0.1) is 0 Å². The molecule has 0 aliphatic heterocycles. The lowest BCUT2D eigenvalue weighted by Crippen LogP contribution is -2.17. The Labute approximate surface area is 131 Å². The third-order valence-electron chi connectivity index (χ3n) is 3.60. The number of nitrogens with zero attached hydrogens (tertiary/aromatic N) is 3. The molecule has 0 fully saturated rings. The van der Waals surface area contributed by atoms with Crippen LogP contribution >= 0.6 is 0 Å². The Morgan fingerprint density at radius 3 is 2.78 bits per heavy atom. The van der Waals surface area contributed by atoms with Gasteiger partial charge in [-0.1, -0.05) is 6.07 Å². The molecule has 3 aromatic rings. The molecule has 5 nitrogen and oxygen atoms in total. The zero-order chi connectivity index (χ0) is 16.6. The minimum atomic E-state index is -0.652. The van der Waals surface area contributed by atoms with E-state index < -0.39 is 5.82 Å². The third kappa shape index (κ3) is 2.42. The summed E-state index contributed by atoms with van der Waals surface area (Å²) in [6.07, 6.45) is 1.45. The molecule has 0 aliphatic rings. The summed E-state index contributed by atoms with van der Waals surface area (Å²) >= 11 is 0. The lowest BCUT2D eigenvalue weighted by atomic mass is 10.1. The first-order valence-electron chi connectivity index (χ1n) is 6.84. The highest BCUT2D eigenvalue weighted by molar-refractivity contribution is 5.83. The van der Waals surface area contributed by atoms with Crippen LogP contribution in [0.3, 0.4) is 0 Å². The Morgan fingerprint density at radius 1 is 1.26 bits per heavy atom. The van der Waals surface area contributed by atoms with E-state index >= 15 is 0 Å². The first-order valence-corrected chi connectivity index (χ1v) is 6.84. The van der Waals surface area contributed by atoms with Crippen LogP contribution in [0.15, 0.2) is 41.5 Å². The first kappa shape index (κ1) is 14.7. The maximum absolute atomic E-state index is 13.7. The largest absolute Gasteiger partial charge is 0.456 e. The van der Waals surface area contributed by atoms with Crippen LogP contribution in [-0.2, 0) is 7.05 Å². The van der Waals surface area contributed by atoms with Crippen LogP contribution in [-0.4, -0.2) is 9.55 Å². The van der Waals surface area contributed by atoms with Crippen molar-refractivity contribution in [2.24, 2.45) is 7.05 Å². The van der Waals surface area contributed by atoms with Gasteiger partial charge in [0.25, 0.3) is 5.56 Å². The minimum absolute atomic E-state index is 0.107. The fourth-order valence-electron chi connectivity index (χ4n) is 2.36. The van der Waals surface area contributed by atoms with Gasteiger partial charge < -0.3 is 9.30 Å². The smallest absolute Gasteiger partial charge is 0.261 e. The maximum Gasteiger partial charge on any atom is 0.261 e. The van der Waals surface area contributed by atoms with Crippen molar-refractivity contribution in [2.45, 2.75) is 6.92 Å². The van der Waals surface area contributed by atoms with Crippen molar-refractivity contribution < 1.29 is 9.13 Å². The van der Waals surface area contributed by atoms with Crippen molar-refractivity contribution in [1.29, 1.82) is 5.26 Å². The molecule has 0 atom stereocenters. The van der Waals surface area contributed by atoms with E-state index in [1.54, 1.807) is 32.2 Å². The number of nitriles is 1. The molecule has 1 heterocycles. The van der Waals surface area contributed by atoms with E-state index in [4.69, 9.17) is 10.00 Å². The molecule has 0 saturated carbocycles. The molecule has 3 rings (SSSR count). The van der Waals surface area contributed by atoms with Gasteiger partial charge in [-0.3, -0.25) is 4.79 Å². The van der Waals surface area contributed by atoms with Crippen LogP contribution in [0.5, 0.6) is 11.5 Å². The van der Waals surface area contributed by atoms with Crippen LogP contribution in [0.2, 0.25) is 0 Å². The van der Waals surface area contributed by atoms with Gasteiger partial charge in [0.2, 0.25) is 0 Å². The molecule has 0 bridgehead atoms. The quantitative estimate of drug-likeness (QED) is 0.729. The molecule has 0 spiro atoms. The summed E-state index contributed by atoms with van der Waals surface area (Å²) in [4.78, 5) is 16.5. The van der Waals surface area contributed by atoms with Crippen LogP contribution in [0.25, 0.3) is 10.9 Å². The fraction of sp³-hybridized carbons (Fsp3) is 0.118. The van der Waals surface area contributed by atoms with Crippen LogP contribution in [0.4, 0.5) is 4.39 Å². The number of hydrogen-bond donors (Lipinski definition) is 0. The predicted octanol–water partition coefficient (Wildman–Crippen LogP) is 3.05. The SMILES string of the molecule is Cc1c(Oc2cccc(F)c2C#N)ccc2ncn(C)c(=O)c12. The first-order chi connectivity index (χ1) is 11.0. The van der Waals surface area contributed by atoms with Gasteiger partial charge >= 0.3 is 0 Å². The van der Waals surface area contributed by atoms with Gasteiger partial charge in [-0.25, -0.2) is 9.37 Å². The number of benzene rings is 2. The van der Waals surface area contributed by atoms with Crippen molar-refractivity contribution in [3.63, 3.8) is 0 Å². The van der Waals surface area contributed by atoms with Crippen molar-refractivity contribution in [3.8, 4) is 17.6 Å². The number of hydrogen-bond acceptors (Lipinski definition) is 4. The molecule has 0 aliphatic carbocycles. The average Bonchev–Trinajstić information content (AvgIpc) is 2.53. The van der Waals surface area contributed by atoms with Crippen molar-refractivity contribution in [3.05, 3.63) is 64.0 Å². The average molecular weight is 309 g/mol. The zero-order valence-electron chi connectivity index (χ0n) is 12.5. The molecule has 6 heteroatoms. The molecular weight excluding hydrogens is 297 g/mol. The van der Waals surface area contributed by atoms with Crippen LogP contribution < -0.4 is 10.3 Å². The maximum atomic E-state index is 13.7. The molecule has 0 radical (unpaired) electrons. The number of fused-ring (bicyclic) bond motifs is 1. The molecule has 23 heavy (non-hydrogen) atoms. The molecular formula is C17H12FN3O2.